The van der Waals surface area contributed by atoms with Crippen LogP contribution in [0.2, 0.25) is 0 Å². The van der Waals surface area contributed by atoms with Crippen molar-refractivity contribution in [3.8, 4) is 10.8 Å². The van der Waals surface area contributed by atoms with Crippen molar-refractivity contribution in [2.24, 2.45) is 0 Å². The SMILES string of the molecule is O=C(c1ccc(-c2nc3ccccc3s2)o1)N1CCC(N2CCNCC2)C1. The first-order valence-corrected chi connectivity index (χ1v) is 10.3. The van der Waals surface area contributed by atoms with Crippen LogP contribution in [-0.2, 0) is 0 Å². The van der Waals surface area contributed by atoms with Crippen molar-refractivity contribution in [3.63, 3.8) is 0 Å². The van der Waals surface area contributed by atoms with Crippen molar-refractivity contribution in [1.82, 2.24) is 20.1 Å². The molecule has 2 aliphatic rings. The molecular formula is C20H22N4O2S. The van der Waals surface area contributed by atoms with E-state index in [0.717, 1.165) is 60.9 Å². The minimum atomic E-state index is -0.0139. The number of hydrogen-bond donors (Lipinski definition) is 1. The number of furan rings is 1. The van der Waals surface area contributed by atoms with E-state index in [1.165, 1.54) is 0 Å². The molecule has 4 heterocycles. The van der Waals surface area contributed by atoms with E-state index in [2.05, 4.69) is 15.2 Å². The molecule has 5 rings (SSSR count). The fourth-order valence-electron chi connectivity index (χ4n) is 3.97. The average Bonchev–Trinajstić information content (AvgIpc) is 3.46. The summed E-state index contributed by atoms with van der Waals surface area (Å²) >= 11 is 1.58. The topological polar surface area (TPSA) is 61.6 Å². The van der Waals surface area contributed by atoms with Crippen LogP contribution in [0.1, 0.15) is 17.0 Å². The van der Waals surface area contributed by atoms with Crippen molar-refractivity contribution in [2.75, 3.05) is 39.3 Å². The molecule has 1 aromatic carbocycles. The van der Waals surface area contributed by atoms with Gasteiger partial charge in [0.25, 0.3) is 5.91 Å². The molecule has 6 nitrogen and oxygen atoms in total. The number of fused-ring (bicyclic) bond motifs is 1. The van der Waals surface area contributed by atoms with Crippen molar-refractivity contribution in [1.29, 1.82) is 0 Å². The third kappa shape index (κ3) is 3.26. The molecule has 0 saturated carbocycles. The Balaban J connectivity index is 1.30. The van der Waals surface area contributed by atoms with E-state index >= 15 is 0 Å². The number of para-hydroxylation sites is 1. The number of hydrogen-bond acceptors (Lipinski definition) is 6. The first kappa shape index (κ1) is 16.9. The van der Waals surface area contributed by atoms with E-state index in [1.54, 1.807) is 17.4 Å². The molecule has 27 heavy (non-hydrogen) atoms. The minimum Gasteiger partial charge on any atom is -0.448 e. The van der Waals surface area contributed by atoms with Gasteiger partial charge in [-0.2, -0.15) is 0 Å². The third-order valence-corrected chi connectivity index (χ3v) is 6.49. The minimum absolute atomic E-state index is 0.0139. The van der Waals surface area contributed by atoms with Crippen molar-refractivity contribution in [2.45, 2.75) is 12.5 Å². The summed E-state index contributed by atoms with van der Waals surface area (Å²) in [4.78, 5) is 21.9. The zero-order chi connectivity index (χ0) is 18.2. The summed E-state index contributed by atoms with van der Waals surface area (Å²) < 4.78 is 7.01. The number of carbonyl (C=O) groups excluding carboxylic acids is 1. The predicted molar refractivity (Wildman–Crippen MR) is 106 cm³/mol. The third-order valence-electron chi connectivity index (χ3n) is 5.44. The molecule has 1 N–H and O–H groups in total. The summed E-state index contributed by atoms with van der Waals surface area (Å²) in [7, 11) is 0. The summed E-state index contributed by atoms with van der Waals surface area (Å²) in [6.07, 6.45) is 1.04. The number of amides is 1. The van der Waals surface area contributed by atoms with Crippen molar-refractivity contribution in [3.05, 3.63) is 42.2 Å². The lowest BCUT2D eigenvalue weighted by atomic mass is 10.2. The molecule has 0 radical (unpaired) electrons. The highest BCUT2D eigenvalue weighted by molar-refractivity contribution is 7.21. The first-order valence-electron chi connectivity index (χ1n) is 9.48. The number of thiazole rings is 1. The Hall–Kier alpha value is -2.22. The highest BCUT2D eigenvalue weighted by atomic mass is 32.1. The summed E-state index contributed by atoms with van der Waals surface area (Å²) in [5.41, 5.74) is 0.959. The van der Waals surface area contributed by atoms with E-state index in [-0.39, 0.29) is 5.91 Å². The second kappa shape index (κ2) is 7.07. The van der Waals surface area contributed by atoms with Gasteiger partial charge in [0.1, 0.15) is 0 Å². The van der Waals surface area contributed by atoms with Gasteiger partial charge >= 0.3 is 0 Å². The van der Waals surface area contributed by atoms with Gasteiger partial charge in [-0.15, -0.1) is 11.3 Å². The molecular weight excluding hydrogens is 360 g/mol. The van der Waals surface area contributed by atoms with Gasteiger partial charge in [-0.3, -0.25) is 9.69 Å². The zero-order valence-electron chi connectivity index (χ0n) is 15.1. The van der Waals surface area contributed by atoms with Crippen LogP contribution < -0.4 is 5.32 Å². The average molecular weight is 382 g/mol. The number of nitrogens with one attached hydrogen (secondary N) is 1. The molecule has 1 amide bonds. The quantitative estimate of drug-likeness (QED) is 0.755. The van der Waals surface area contributed by atoms with Gasteiger partial charge < -0.3 is 14.6 Å². The Morgan fingerprint density at radius 3 is 2.85 bits per heavy atom. The number of rotatable bonds is 3. The maximum Gasteiger partial charge on any atom is 0.289 e. The van der Waals surface area contributed by atoms with Crippen LogP contribution >= 0.6 is 11.3 Å². The Morgan fingerprint density at radius 1 is 1.15 bits per heavy atom. The number of likely N-dealkylation sites (tertiary alicyclic amines) is 1. The maximum atomic E-state index is 12.9. The van der Waals surface area contributed by atoms with Gasteiger partial charge in [-0.1, -0.05) is 12.1 Å². The van der Waals surface area contributed by atoms with Crippen molar-refractivity contribution >= 4 is 27.5 Å². The van der Waals surface area contributed by atoms with Crippen LogP contribution in [0.5, 0.6) is 0 Å². The standard InChI is InChI=1S/C20H22N4O2S/c25-20(24-10-7-14(13-24)23-11-8-21-9-12-23)17-6-5-16(26-17)19-22-15-3-1-2-4-18(15)27-19/h1-6,14,21H,7-13H2. The lowest BCUT2D eigenvalue weighted by molar-refractivity contribution is 0.0743. The molecule has 2 aliphatic heterocycles. The number of carbonyl (C=O) groups is 1. The summed E-state index contributed by atoms with van der Waals surface area (Å²) in [6.45, 7) is 5.79. The molecule has 3 aromatic rings. The van der Waals surface area contributed by atoms with Gasteiger partial charge in [-0.05, 0) is 30.7 Å². The van der Waals surface area contributed by atoms with E-state index in [0.29, 0.717) is 17.6 Å². The van der Waals surface area contributed by atoms with E-state index in [9.17, 15) is 4.79 Å². The van der Waals surface area contributed by atoms with Gasteiger partial charge in [0.2, 0.25) is 0 Å². The van der Waals surface area contributed by atoms with E-state index < -0.39 is 0 Å². The maximum absolute atomic E-state index is 12.9. The number of nitrogens with zero attached hydrogens (tertiary/aromatic N) is 3. The van der Waals surface area contributed by atoms with Gasteiger partial charge in [0, 0.05) is 45.3 Å². The molecule has 0 spiro atoms. The molecule has 7 heteroatoms. The van der Waals surface area contributed by atoms with E-state index in [1.807, 2.05) is 35.2 Å². The predicted octanol–water partition coefficient (Wildman–Crippen LogP) is 2.68. The molecule has 2 fully saturated rings. The van der Waals surface area contributed by atoms with Gasteiger partial charge in [0.15, 0.2) is 16.5 Å². The molecule has 0 bridgehead atoms. The zero-order valence-corrected chi connectivity index (χ0v) is 15.9. The van der Waals surface area contributed by atoms with Crippen LogP contribution in [0.3, 0.4) is 0 Å². The second-order valence-corrected chi connectivity index (χ2v) is 8.16. The van der Waals surface area contributed by atoms with Crippen LogP contribution in [-0.4, -0.2) is 66.0 Å². The molecule has 2 aromatic heterocycles. The molecule has 2 saturated heterocycles. The highest BCUT2D eigenvalue weighted by Crippen LogP contribution is 2.31. The van der Waals surface area contributed by atoms with E-state index in [4.69, 9.17) is 4.42 Å². The first-order chi connectivity index (χ1) is 13.3. The van der Waals surface area contributed by atoms with Crippen LogP contribution in [0.4, 0.5) is 0 Å². The number of piperazine rings is 1. The van der Waals surface area contributed by atoms with Crippen molar-refractivity contribution < 1.29 is 9.21 Å². The Kier molecular flexibility index (Phi) is 4.43. The van der Waals surface area contributed by atoms with Crippen LogP contribution in [0.15, 0.2) is 40.8 Å². The summed E-state index contributed by atoms with van der Waals surface area (Å²) in [5, 5.41) is 4.20. The highest BCUT2D eigenvalue weighted by Gasteiger charge is 2.32. The van der Waals surface area contributed by atoms with Crippen LogP contribution in [0, 0.1) is 0 Å². The summed E-state index contributed by atoms with van der Waals surface area (Å²) in [5.74, 6) is 1.06. The normalized spacial score (nSPS) is 21.2. The Bertz CT molecular complexity index is 927. The largest absolute Gasteiger partial charge is 0.448 e. The van der Waals surface area contributed by atoms with Gasteiger partial charge in [0.05, 0.1) is 10.2 Å². The number of aromatic nitrogens is 1. The molecule has 1 unspecified atom stereocenters. The van der Waals surface area contributed by atoms with Crippen LogP contribution in [0.25, 0.3) is 21.0 Å². The number of benzene rings is 1. The fraction of sp³-hybridized carbons (Fsp3) is 0.400. The summed E-state index contributed by atoms with van der Waals surface area (Å²) in [6, 6.07) is 12.1. The monoisotopic (exact) mass is 382 g/mol. The van der Waals surface area contributed by atoms with Gasteiger partial charge in [-0.25, -0.2) is 4.98 Å². The fourth-order valence-corrected chi connectivity index (χ4v) is 4.90. The molecule has 140 valence electrons. The smallest absolute Gasteiger partial charge is 0.289 e. The Morgan fingerprint density at radius 2 is 2.00 bits per heavy atom. The lowest BCUT2D eigenvalue weighted by Gasteiger charge is -2.32. The lowest BCUT2D eigenvalue weighted by Crippen LogP contribution is -2.49. The second-order valence-electron chi connectivity index (χ2n) is 7.13. The Labute approximate surface area is 161 Å². The molecule has 1 atom stereocenters. The molecule has 0 aliphatic carbocycles.